The molecule has 1 heterocycles. The Labute approximate surface area is 110 Å². The summed E-state index contributed by atoms with van der Waals surface area (Å²) >= 11 is 0. The van der Waals surface area contributed by atoms with E-state index in [0.29, 0.717) is 5.56 Å². The number of primary amides is 1. The molecule has 1 aliphatic rings. The van der Waals surface area contributed by atoms with Crippen molar-refractivity contribution in [1.82, 2.24) is 0 Å². The topological polar surface area (TPSA) is 61.6 Å². The smallest absolute Gasteiger partial charge is 0.249 e. The van der Waals surface area contributed by atoms with Gasteiger partial charge in [-0.25, -0.2) is 0 Å². The fourth-order valence-electron chi connectivity index (χ4n) is 2.29. The Bertz CT molecular complexity index is 624. The minimum Gasteiger partial charge on any atom is -0.467 e. The second-order valence-corrected chi connectivity index (χ2v) is 4.30. The molecule has 3 rings (SSSR count). The lowest BCUT2D eigenvalue weighted by molar-refractivity contribution is -0.0421. The summed E-state index contributed by atoms with van der Waals surface area (Å²) in [5.41, 5.74) is 7.57. The lowest BCUT2D eigenvalue weighted by atomic mass is 9.95. The summed E-state index contributed by atoms with van der Waals surface area (Å²) in [7, 11) is 0. The van der Waals surface area contributed by atoms with E-state index in [9.17, 15) is 4.79 Å². The Kier molecular flexibility index (Phi) is 2.93. The summed E-state index contributed by atoms with van der Waals surface area (Å²) in [6.45, 7) is 0.161. The van der Waals surface area contributed by atoms with E-state index in [4.69, 9.17) is 15.2 Å². The number of nitrogens with two attached hydrogens (primary N) is 1. The molecule has 19 heavy (non-hydrogen) atoms. The monoisotopic (exact) mass is 255 g/mol. The molecule has 2 N–H and O–H groups in total. The van der Waals surface area contributed by atoms with Crippen LogP contribution in [-0.4, -0.2) is 12.7 Å². The van der Waals surface area contributed by atoms with Crippen LogP contribution in [0.1, 0.15) is 27.6 Å². The van der Waals surface area contributed by atoms with Crippen LogP contribution >= 0.6 is 0 Å². The van der Waals surface area contributed by atoms with Gasteiger partial charge < -0.3 is 15.2 Å². The molecular weight excluding hydrogens is 242 g/mol. The maximum absolute atomic E-state index is 11.5. The molecule has 4 heteroatoms. The van der Waals surface area contributed by atoms with Crippen LogP contribution in [-0.2, 0) is 4.74 Å². The van der Waals surface area contributed by atoms with Gasteiger partial charge in [0.15, 0.2) is 6.79 Å². The molecule has 0 fully saturated rings. The third-order valence-corrected chi connectivity index (χ3v) is 3.16. The Morgan fingerprint density at radius 1 is 1.05 bits per heavy atom. The van der Waals surface area contributed by atoms with Gasteiger partial charge in [-0.15, -0.1) is 0 Å². The number of carbonyl (C=O) groups is 1. The number of hydrogen-bond donors (Lipinski definition) is 1. The van der Waals surface area contributed by atoms with Crippen LogP contribution in [0.15, 0.2) is 48.5 Å². The molecule has 0 spiro atoms. The molecule has 2 aromatic rings. The molecule has 96 valence electrons. The molecular formula is C15H13NO3. The predicted octanol–water partition coefficient (Wildman–Crippen LogP) is 2.24. The van der Waals surface area contributed by atoms with Crippen molar-refractivity contribution in [1.29, 1.82) is 0 Å². The van der Waals surface area contributed by atoms with Gasteiger partial charge in [-0.2, -0.15) is 0 Å². The van der Waals surface area contributed by atoms with Gasteiger partial charge in [0.05, 0.1) is 0 Å². The molecule has 1 atom stereocenters. The van der Waals surface area contributed by atoms with E-state index in [0.717, 1.165) is 16.9 Å². The average molecular weight is 255 g/mol. The first-order valence-corrected chi connectivity index (χ1v) is 5.99. The highest BCUT2D eigenvalue weighted by molar-refractivity contribution is 5.94. The highest BCUT2D eigenvalue weighted by atomic mass is 16.7. The number of rotatable bonds is 2. The molecule has 0 aromatic heterocycles. The van der Waals surface area contributed by atoms with Crippen molar-refractivity contribution >= 4 is 5.91 Å². The number of amides is 1. The van der Waals surface area contributed by atoms with Crippen LogP contribution in [0.2, 0.25) is 0 Å². The molecule has 0 radical (unpaired) electrons. The van der Waals surface area contributed by atoms with E-state index in [1.54, 1.807) is 12.1 Å². The Balaban J connectivity index is 2.12. The molecule has 2 aromatic carbocycles. The van der Waals surface area contributed by atoms with E-state index in [-0.39, 0.29) is 12.9 Å². The van der Waals surface area contributed by atoms with Gasteiger partial charge in [-0.3, -0.25) is 4.79 Å². The highest BCUT2D eigenvalue weighted by Gasteiger charge is 2.26. The number of carbonyl (C=O) groups excluding carboxylic acids is 1. The minimum absolute atomic E-state index is 0.161. The van der Waals surface area contributed by atoms with Crippen LogP contribution < -0.4 is 10.5 Å². The summed E-state index contributed by atoms with van der Waals surface area (Å²) in [6.07, 6.45) is -0.325. The number of fused-ring (bicyclic) bond motifs is 1. The summed E-state index contributed by atoms with van der Waals surface area (Å²) in [6, 6.07) is 14.8. The van der Waals surface area contributed by atoms with Crippen molar-refractivity contribution in [2.24, 2.45) is 5.73 Å². The Morgan fingerprint density at radius 3 is 2.53 bits per heavy atom. The van der Waals surface area contributed by atoms with E-state index in [1.807, 2.05) is 36.4 Å². The van der Waals surface area contributed by atoms with Crippen molar-refractivity contribution in [2.75, 3.05) is 6.79 Å². The van der Waals surface area contributed by atoms with Gasteiger partial charge in [-0.05, 0) is 17.7 Å². The molecule has 1 aliphatic heterocycles. The van der Waals surface area contributed by atoms with E-state index < -0.39 is 5.91 Å². The fraction of sp³-hybridized carbons (Fsp3) is 0.133. The fourth-order valence-corrected chi connectivity index (χ4v) is 2.29. The molecule has 1 amide bonds. The molecule has 0 bridgehead atoms. The normalized spacial score (nSPS) is 17.4. The summed E-state index contributed by atoms with van der Waals surface area (Å²) < 4.78 is 11.1. The molecule has 4 nitrogen and oxygen atoms in total. The van der Waals surface area contributed by atoms with Crippen molar-refractivity contribution in [3.63, 3.8) is 0 Å². The Hall–Kier alpha value is -2.33. The molecule has 0 saturated heterocycles. The van der Waals surface area contributed by atoms with Crippen molar-refractivity contribution in [3.05, 3.63) is 65.2 Å². The van der Waals surface area contributed by atoms with Crippen LogP contribution in [0, 0.1) is 0 Å². The van der Waals surface area contributed by atoms with Crippen molar-refractivity contribution < 1.29 is 14.3 Å². The zero-order valence-corrected chi connectivity index (χ0v) is 10.2. The molecule has 0 saturated carbocycles. The quantitative estimate of drug-likeness (QED) is 0.895. The lowest BCUT2D eigenvalue weighted by Crippen LogP contribution is -2.22. The second-order valence-electron chi connectivity index (χ2n) is 4.30. The number of ether oxygens (including phenoxy) is 2. The van der Waals surface area contributed by atoms with Crippen LogP contribution in [0.4, 0.5) is 0 Å². The minimum atomic E-state index is -0.455. The Morgan fingerprint density at radius 2 is 1.74 bits per heavy atom. The largest absolute Gasteiger partial charge is 0.467 e. The zero-order chi connectivity index (χ0) is 13.2. The highest BCUT2D eigenvalue weighted by Crippen LogP contribution is 2.37. The third kappa shape index (κ3) is 2.06. The van der Waals surface area contributed by atoms with Crippen molar-refractivity contribution in [2.45, 2.75) is 6.10 Å². The predicted molar refractivity (Wildman–Crippen MR) is 69.8 cm³/mol. The summed E-state index contributed by atoms with van der Waals surface area (Å²) in [4.78, 5) is 11.5. The zero-order valence-electron chi connectivity index (χ0n) is 10.2. The first kappa shape index (κ1) is 11.7. The van der Waals surface area contributed by atoms with Gasteiger partial charge >= 0.3 is 0 Å². The van der Waals surface area contributed by atoms with Gasteiger partial charge in [0.1, 0.15) is 11.9 Å². The first-order valence-electron chi connectivity index (χ1n) is 5.99. The summed E-state index contributed by atoms with van der Waals surface area (Å²) in [5, 5.41) is 0. The second kappa shape index (κ2) is 4.74. The maximum Gasteiger partial charge on any atom is 0.249 e. The first-order chi connectivity index (χ1) is 9.27. The molecule has 1 unspecified atom stereocenters. The van der Waals surface area contributed by atoms with Gasteiger partial charge in [0, 0.05) is 11.1 Å². The average Bonchev–Trinajstić information content (AvgIpc) is 2.46. The summed E-state index contributed by atoms with van der Waals surface area (Å²) in [5.74, 6) is 0.321. The van der Waals surface area contributed by atoms with Crippen LogP contribution in [0.25, 0.3) is 0 Å². The SMILES string of the molecule is NC(=O)c1ccccc1C1OCOc2ccccc21. The van der Waals surface area contributed by atoms with Crippen LogP contribution in [0.5, 0.6) is 5.75 Å². The van der Waals surface area contributed by atoms with Crippen molar-refractivity contribution in [3.8, 4) is 5.75 Å². The number of para-hydroxylation sites is 1. The van der Waals surface area contributed by atoms with Gasteiger partial charge in [0.25, 0.3) is 0 Å². The number of benzene rings is 2. The van der Waals surface area contributed by atoms with E-state index >= 15 is 0 Å². The molecule has 0 aliphatic carbocycles. The van der Waals surface area contributed by atoms with Crippen LogP contribution in [0.3, 0.4) is 0 Å². The van der Waals surface area contributed by atoms with Gasteiger partial charge in [0.2, 0.25) is 5.91 Å². The standard InChI is InChI=1S/C15H13NO3/c16-15(17)11-6-2-1-5-10(11)14-12-7-3-4-8-13(12)18-9-19-14/h1-8,14H,9H2,(H2,16,17). The third-order valence-electron chi connectivity index (χ3n) is 3.16. The van der Waals surface area contributed by atoms with E-state index in [1.165, 1.54) is 0 Å². The maximum atomic E-state index is 11.5. The van der Waals surface area contributed by atoms with E-state index in [2.05, 4.69) is 0 Å². The van der Waals surface area contributed by atoms with Gasteiger partial charge in [-0.1, -0.05) is 36.4 Å². The number of hydrogen-bond acceptors (Lipinski definition) is 3. The lowest BCUT2D eigenvalue weighted by Gasteiger charge is -2.27.